The molecule has 0 aromatic heterocycles. The average Bonchev–Trinajstić information content (AvgIpc) is 2.50. The molecule has 6 heteroatoms. The van der Waals surface area contributed by atoms with Gasteiger partial charge in [0.15, 0.2) is 0 Å². The predicted molar refractivity (Wildman–Crippen MR) is 70.7 cm³/mol. The maximum absolute atomic E-state index is 11.5. The molecule has 0 fully saturated rings. The summed E-state index contributed by atoms with van der Waals surface area (Å²) in [5.41, 5.74) is 0.877. The molecule has 0 aliphatic heterocycles. The van der Waals surface area contributed by atoms with Crippen LogP contribution in [0.1, 0.15) is 12.0 Å². The lowest BCUT2D eigenvalue weighted by Crippen LogP contribution is -2.37. The first-order valence-electron chi connectivity index (χ1n) is 6.10. The fourth-order valence-corrected chi connectivity index (χ4v) is 1.43. The Kier molecular flexibility index (Phi) is 6.99. The number of nitrogens with one attached hydrogen (secondary N) is 1. The second-order valence-electron chi connectivity index (χ2n) is 4.05. The highest BCUT2D eigenvalue weighted by Crippen LogP contribution is 2.00. The molecule has 108 valence electrons. The Bertz CT molecular complexity index is 446. The third-order valence-electron chi connectivity index (χ3n) is 2.53. The molecule has 1 aromatic rings. The van der Waals surface area contributed by atoms with Crippen molar-refractivity contribution < 1.29 is 23.9 Å². The van der Waals surface area contributed by atoms with Gasteiger partial charge in [0.2, 0.25) is 0 Å². The molecule has 1 atom stereocenters. The van der Waals surface area contributed by atoms with Crippen LogP contribution < -0.4 is 5.32 Å². The lowest BCUT2D eigenvalue weighted by Gasteiger charge is -2.11. The molecule has 1 aromatic carbocycles. The van der Waals surface area contributed by atoms with Crippen LogP contribution in [0.15, 0.2) is 30.3 Å². The maximum atomic E-state index is 11.5. The first-order valence-corrected chi connectivity index (χ1v) is 6.10. The molecule has 0 aliphatic carbocycles. The van der Waals surface area contributed by atoms with Crippen molar-refractivity contribution in [3.63, 3.8) is 0 Å². The fraction of sp³-hybridized carbons (Fsp3) is 0.357. The summed E-state index contributed by atoms with van der Waals surface area (Å²) in [7, 11) is 1.23. The van der Waals surface area contributed by atoms with Crippen LogP contribution in [-0.4, -0.2) is 37.9 Å². The van der Waals surface area contributed by atoms with Crippen LogP contribution in [0.5, 0.6) is 0 Å². The van der Waals surface area contributed by atoms with Crippen LogP contribution in [0.2, 0.25) is 0 Å². The summed E-state index contributed by atoms with van der Waals surface area (Å²) in [5.74, 6) is -1.02. The van der Waals surface area contributed by atoms with Crippen LogP contribution >= 0.6 is 0 Å². The lowest BCUT2D eigenvalue weighted by molar-refractivity contribution is -0.145. The topological polar surface area (TPSA) is 81.7 Å². The molecule has 0 spiro atoms. The van der Waals surface area contributed by atoms with E-state index in [1.807, 2.05) is 30.3 Å². The van der Waals surface area contributed by atoms with Crippen LogP contribution in [0.3, 0.4) is 0 Å². The summed E-state index contributed by atoms with van der Waals surface area (Å²) >= 11 is 0. The number of aldehydes is 1. The largest absolute Gasteiger partial charge is 0.469 e. The molecule has 0 saturated carbocycles. The summed E-state index contributed by atoms with van der Waals surface area (Å²) in [5, 5.41) is 2.63. The van der Waals surface area contributed by atoms with E-state index in [1.54, 1.807) is 0 Å². The highest BCUT2D eigenvalue weighted by Gasteiger charge is 2.14. The third kappa shape index (κ3) is 6.10. The summed E-state index contributed by atoms with van der Waals surface area (Å²) < 4.78 is 9.46. The number of hydrogen-bond acceptors (Lipinski definition) is 6. The maximum Gasteiger partial charge on any atom is 0.320 e. The van der Waals surface area contributed by atoms with Crippen molar-refractivity contribution >= 4 is 18.2 Å². The van der Waals surface area contributed by atoms with Gasteiger partial charge in [-0.05, 0) is 5.56 Å². The van der Waals surface area contributed by atoms with Crippen molar-refractivity contribution in [1.82, 2.24) is 5.32 Å². The Balaban J connectivity index is 2.28. The Morgan fingerprint density at radius 2 is 1.95 bits per heavy atom. The first-order chi connectivity index (χ1) is 9.65. The van der Waals surface area contributed by atoms with E-state index < -0.39 is 18.0 Å². The van der Waals surface area contributed by atoms with E-state index in [4.69, 9.17) is 4.74 Å². The molecule has 0 heterocycles. The minimum Gasteiger partial charge on any atom is -0.469 e. The average molecular weight is 279 g/mol. The molecule has 0 saturated heterocycles. The molecule has 0 unspecified atom stereocenters. The van der Waals surface area contributed by atoms with Crippen LogP contribution in [0.4, 0.5) is 0 Å². The van der Waals surface area contributed by atoms with E-state index in [1.165, 1.54) is 7.11 Å². The Labute approximate surface area is 117 Å². The standard InChI is InChI=1S/C14H17NO5/c1-19-13(17)7-12(9-16)15-8-14(18)20-10-11-5-3-2-4-6-11/h2-6,9,12,15H,7-8,10H2,1H3/t12-/m0/s1. The van der Waals surface area contributed by atoms with Crippen molar-refractivity contribution in [1.29, 1.82) is 0 Å². The Morgan fingerprint density at radius 1 is 1.25 bits per heavy atom. The van der Waals surface area contributed by atoms with Crippen LogP contribution in [0, 0.1) is 0 Å². The summed E-state index contributed by atoms with van der Waals surface area (Å²) in [6.07, 6.45) is 0.438. The molecule has 20 heavy (non-hydrogen) atoms. The van der Waals surface area contributed by atoms with E-state index in [2.05, 4.69) is 10.1 Å². The minimum absolute atomic E-state index is 0.119. The van der Waals surface area contributed by atoms with Gasteiger partial charge in [-0.15, -0.1) is 0 Å². The Morgan fingerprint density at radius 3 is 2.55 bits per heavy atom. The zero-order chi connectivity index (χ0) is 14.8. The molecule has 0 amide bonds. The SMILES string of the molecule is COC(=O)C[C@@H](C=O)NCC(=O)OCc1ccccc1. The third-order valence-corrected chi connectivity index (χ3v) is 2.53. The minimum atomic E-state index is -0.758. The van der Waals surface area contributed by atoms with Crippen molar-refractivity contribution in [2.75, 3.05) is 13.7 Å². The normalized spacial score (nSPS) is 11.4. The summed E-state index contributed by atoms with van der Waals surface area (Å²) in [6.45, 7) is 0.0251. The van der Waals surface area contributed by atoms with Crippen LogP contribution in [0.25, 0.3) is 0 Å². The second kappa shape index (κ2) is 8.82. The number of hydrogen-bond donors (Lipinski definition) is 1. The number of benzene rings is 1. The van der Waals surface area contributed by atoms with Crippen molar-refractivity contribution in [2.45, 2.75) is 19.1 Å². The van der Waals surface area contributed by atoms with Gasteiger partial charge in [0.25, 0.3) is 0 Å². The van der Waals surface area contributed by atoms with Crippen molar-refractivity contribution in [2.24, 2.45) is 0 Å². The smallest absolute Gasteiger partial charge is 0.320 e. The number of carbonyl (C=O) groups is 3. The van der Waals surface area contributed by atoms with Gasteiger partial charge in [-0.3, -0.25) is 14.9 Å². The van der Waals surface area contributed by atoms with E-state index in [0.29, 0.717) is 6.29 Å². The van der Waals surface area contributed by atoms with E-state index >= 15 is 0 Å². The Hall–Kier alpha value is -2.21. The quantitative estimate of drug-likeness (QED) is 0.549. The van der Waals surface area contributed by atoms with Gasteiger partial charge in [-0.1, -0.05) is 30.3 Å². The predicted octanol–water partition coefficient (Wildman–Crippen LogP) is 0.450. The van der Waals surface area contributed by atoms with Gasteiger partial charge >= 0.3 is 11.9 Å². The molecule has 0 radical (unpaired) electrons. The van der Waals surface area contributed by atoms with E-state index in [0.717, 1.165) is 5.56 Å². The monoisotopic (exact) mass is 279 g/mol. The molecule has 0 aliphatic rings. The lowest BCUT2D eigenvalue weighted by atomic mass is 10.2. The van der Waals surface area contributed by atoms with Gasteiger partial charge < -0.3 is 14.3 Å². The highest BCUT2D eigenvalue weighted by molar-refractivity contribution is 5.76. The highest BCUT2D eigenvalue weighted by atomic mass is 16.5. The van der Waals surface area contributed by atoms with Gasteiger partial charge in [0, 0.05) is 0 Å². The molecule has 1 rings (SSSR count). The zero-order valence-electron chi connectivity index (χ0n) is 11.2. The first kappa shape index (κ1) is 15.8. The van der Waals surface area contributed by atoms with Crippen LogP contribution in [-0.2, 0) is 30.5 Å². The van der Waals surface area contributed by atoms with Crippen molar-refractivity contribution in [3.05, 3.63) is 35.9 Å². The molecule has 1 N–H and O–H groups in total. The second-order valence-corrected chi connectivity index (χ2v) is 4.05. The van der Waals surface area contributed by atoms with Crippen molar-refractivity contribution in [3.8, 4) is 0 Å². The number of rotatable bonds is 8. The number of esters is 2. The van der Waals surface area contributed by atoms with Gasteiger partial charge in [0.1, 0.15) is 12.9 Å². The molecule has 6 nitrogen and oxygen atoms in total. The number of methoxy groups -OCH3 is 1. The summed E-state index contributed by atoms with van der Waals surface area (Å²) in [4.78, 5) is 33.2. The van der Waals surface area contributed by atoms with Gasteiger partial charge in [-0.25, -0.2) is 0 Å². The number of carbonyl (C=O) groups excluding carboxylic acids is 3. The molecular weight excluding hydrogens is 262 g/mol. The van der Waals surface area contributed by atoms with E-state index in [9.17, 15) is 14.4 Å². The number of ether oxygens (including phenoxy) is 2. The zero-order valence-corrected chi connectivity index (χ0v) is 11.2. The molecular formula is C14H17NO5. The fourth-order valence-electron chi connectivity index (χ4n) is 1.43. The summed E-state index contributed by atoms with van der Waals surface area (Å²) in [6, 6.07) is 8.49. The van der Waals surface area contributed by atoms with E-state index in [-0.39, 0.29) is 19.6 Å². The van der Waals surface area contributed by atoms with Gasteiger partial charge in [-0.2, -0.15) is 0 Å². The molecule has 0 bridgehead atoms. The van der Waals surface area contributed by atoms with Gasteiger partial charge in [0.05, 0.1) is 26.1 Å².